The number of likely N-dealkylation sites (tertiary alicyclic amines) is 1. The maximum absolute atomic E-state index is 12.7. The smallest absolute Gasteiger partial charge is 0.239 e. The van der Waals surface area contributed by atoms with Gasteiger partial charge in [-0.1, -0.05) is 24.1 Å². The maximum Gasteiger partial charge on any atom is 0.239 e. The van der Waals surface area contributed by atoms with E-state index in [1.165, 1.54) is 25.8 Å². The molecule has 1 aliphatic rings. The number of rotatable bonds is 7. The van der Waals surface area contributed by atoms with Gasteiger partial charge in [-0.15, -0.1) is 11.3 Å². The zero-order chi connectivity index (χ0) is 20.2. The normalized spacial score (nSPS) is 17.7. The van der Waals surface area contributed by atoms with Gasteiger partial charge in [0.25, 0.3) is 0 Å². The quantitative estimate of drug-likeness (QED) is 0.510. The van der Waals surface area contributed by atoms with Crippen LogP contribution in [0.4, 0.5) is 0 Å². The minimum atomic E-state index is 0.0574. The lowest BCUT2D eigenvalue weighted by atomic mass is 10.0. The van der Waals surface area contributed by atoms with E-state index in [-0.39, 0.29) is 5.91 Å². The first-order valence-corrected chi connectivity index (χ1v) is 11.7. The summed E-state index contributed by atoms with van der Waals surface area (Å²) < 4.78 is 2.10. The molecule has 0 aliphatic carbocycles. The molecule has 2 aromatic heterocycles. The predicted molar refractivity (Wildman–Crippen MR) is 123 cm³/mol. The molecule has 1 aromatic carbocycles. The van der Waals surface area contributed by atoms with Crippen molar-refractivity contribution in [2.75, 3.05) is 19.6 Å². The minimum Gasteiger partial charge on any atom is -0.355 e. The Kier molecular flexibility index (Phi) is 6.58. The number of carbonyl (C=O) groups excluding carboxylic acids is 1. The number of nitrogens with one attached hydrogen (secondary N) is 1. The summed E-state index contributed by atoms with van der Waals surface area (Å²) >= 11 is 7.86. The zero-order valence-electron chi connectivity index (χ0n) is 16.9. The van der Waals surface area contributed by atoms with E-state index in [1.807, 2.05) is 24.3 Å². The summed E-state index contributed by atoms with van der Waals surface area (Å²) in [4.78, 5) is 16.4. The molecule has 3 heterocycles. The van der Waals surface area contributed by atoms with Crippen LogP contribution in [0.2, 0.25) is 5.02 Å². The van der Waals surface area contributed by atoms with Crippen molar-refractivity contribution in [3.8, 4) is 10.6 Å². The van der Waals surface area contributed by atoms with Crippen molar-refractivity contribution in [1.29, 1.82) is 0 Å². The molecular weight excluding hydrogens is 402 g/mol. The number of benzene rings is 1. The van der Waals surface area contributed by atoms with E-state index in [0.29, 0.717) is 17.6 Å². The van der Waals surface area contributed by atoms with E-state index in [4.69, 9.17) is 11.6 Å². The molecule has 1 fully saturated rings. The van der Waals surface area contributed by atoms with Crippen LogP contribution in [0, 0.1) is 0 Å². The van der Waals surface area contributed by atoms with Crippen LogP contribution in [0.25, 0.3) is 21.5 Å². The van der Waals surface area contributed by atoms with Crippen molar-refractivity contribution in [3.05, 3.63) is 46.8 Å². The molecule has 0 bridgehead atoms. The number of carbonyl (C=O) groups is 1. The van der Waals surface area contributed by atoms with E-state index in [2.05, 4.69) is 39.2 Å². The maximum atomic E-state index is 12.7. The fourth-order valence-corrected chi connectivity index (χ4v) is 5.17. The van der Waals surface area contributed by atoms with Gasteiger partial charge in [-0.25, -0.2) is 0 Å². The Labute approximate surface area is 181 Å². The van der Waals surface area contributed by atoms with Gasteiger partial charge in [0.15, 0.2) is 0 Å². The molecule has 0 spiro atoms. The van der Waals surface area contributed by atoms with Crippen molar-refractivity contribution < 1.29 is 4.79 Å². The summed E-state index contributed by atoms with van der Waals surface area (Å²) in [6.45, 7) is 5.61. The van der Waals surface area contributed by atoms with E-state index >= 15 is 0 Å². The summed E-state index contributed by atoms with van der Waals surface area (Å²) in [5, 5.41) is 6.95. The Hall–Kier alpha value is -1.82. The average molecular weight is 430 g/mol. The number of thiophene rings is 1. The third-order valence-electron chi connectivity index (χ3n) is 5.82. The van der Waals surface area contributed by atoms with Crippen molar-refractivity contribution in [2.24, 2.45) is 0 Å². The van der Waals surface area contributed by atoms with Crippen LogP contribution in [-0.2, 0) is 11.3 Å². The van der Waals surface area contributed by atoms with E-state index in [9.17, 15) is 4.79 Å². The van der Waals surface area contributed by atoms with E-state index in [1.54, 1.807) is 11.3 Å². The number of aromatic nitrogens is 1. The Morgan fingerprint density at radius 3 is 2.97 bits per heavy atom. The van der Waals surface area contributed by atoms with Crippen LogP contribution >= 0.6 is 22.9 Å². The molecule has 154 valence electrons. The molecule has 0 radical (unpaired) electrons. The SMILES string of the molecule is C[C@H]1CCCCN1CCCNC(=O)Cn1c(-c2cccs2)cc2cc(Cl)ccc21. The van der Waals surface area contributed by atoms with Crippen LogP contribution in [0.3, 0.4) is 0 Å². The number of amides is 1. The molecule has 1 saturated heterocycles. The summed E-state index contributed by atoms with van der Waals surface area (Å²) in [5.74, 6) is 0.0574. The van der Waals surface area contributed by atoms with Crippen LogP contribution in [0.1, 0.15) is 32.6 Å². The fourth-order valence-electron chi connectivity index (χ4n) is 4.24. The van der Waals surface area contributed by atoms with Gasteiger partial charge in [-0.2, -0.15) is 0 Å². The first-order chi connectivity index (χ1) is 14.1. The predicted octanol–water partition coefficient (Wildman–Crippen LogP) is 5.40. The second kappa shape index (κ2) is 9.33. The van der Waals surface area contributed by atoms with Crippen molar-refractivity contribution in [2.45, 2.75) is 45.2 Å². The molecule has 6 heteroatoms. The molecular formula is C23H28ClN3OS. The molecule has 29 heavy (non-hydrogen) atoms. The Morgan fingerprint density at radius 2 is 2.17 bits per heavy atom. The monoisotopic (exact) mass is 429 g/mol. The van der Waals surface area contributed by atoms with E-state index < -0.39 is 0 Å². The van der Waals surface area contributed by atoms with Gasteiger partial charge in [0.1, 0.15) is 6.54 Å². The lowest BCUT2D eigenvalue weighted by Crippen LogP contribution is -2.39. The molecule has 1 aliphatic heterocycles. The summed E-state index contributed by atoms with van der Waals surface area (Å²) in [7, 11) is 0. The highest BCUT2D eigenvalue weighted by atomic mass is 35.5. The topological polar surface area (TPSA) is 37.3 Å². The molecule has 4 nitrogen and oxygen atoms in total. The second-order valence-electron chi connectivity index (χ2n) is 7.88. The lowest BCUT2D eigenvalue weighted by Gasteiger charge is -2.33. The Balaban J connectivity index is 1.40. The summed E-state index contributed by atoms with van der Waals surface area (Å²) in [6, 6.07) is 12.8. The highest BCUT2D eigenvalue weighted by Gasteiger charge is 2.18. The third-order valence-corrected chi connectivity index (χ3v) is 6.95. The standard InChI is InChI=1S/C23H28ClN3OS/c1-17-6-2-3-11-26(17)12-5-10-25-23(28)16-27-20-9-8-19(24)14-18(20)15-21(27)22-7-4-13-29-22/h4,7-9,13-15,17H,2-3,5-6,10-12,16H2,1H3,(H,25,28)/t17-/m0/s1. The number of hydrogen-bond donors (Lipinski definition) is 1. The van der Waals surface area contributed by atoms with Gasteiger partial charge >= 0.3 is 0 Å². The number of halogens is 1. The van der Waals surface area contributed by atoms with Crippen LogP contribution in [0.15, 0.2) is 41.8 Å². The molecule has 4 rings (SSSR count). The van der Waals surface area contributed by atoms with Crippen LogP contribution < -0.4 is 5.32 Å². The molecule has 1 N–H and O–H groups in total. The highest BCUT2D eigenvalue weighted by molar-refractivity contribution is 7.13. The van der Waals surface area contributed by atoms with Gasteiger partial charge < -0.3 is 14.8 Å². The van der Waals surface area contributed by atoms with Crippen molar-refractivity contribution in [1.82, 2.24) is 14.8 Å². The fraction of sp³-hybridized carbons (Fsp3) is 0.435. The lowest BCUT2D eigenvalue weighted by molar-refractivity contribution is -0.121. The summed E-state index contributed by atoms with van der Waals surface area (Å²) in [5.41, 5.74) is 2.10. The average Bonchev–Trinajstić information content (AvgIpc) is 3.34. The van der Waals surface area contributed by atoms with Crippen LogP contribution in [-0.4, -0.2) is 41.1 Å². The second-order valence-corrected chi connectivity index (χ2v) is 9.26. The third kappa shape index (κ3) is 4.85. The highest BCUT2D eigenvalue weighted by Crippen LogP contribution is 2.32. The Bertz CT molecular complexity index is 966. The van der Waals surface area contributed by atoms with Crippen molar-refractivity contribution in [3.63, 3.8) is 0 Å². The Morgan fingerprint density at radius 1 is 1.28 bits per heavy atom. The number of hydrogen-bond acceptors (Lipinski definition) is 3. The molecule has 3 aromatic rings. The van der Waals surface area contributed by atoms with Gasteiger partial charge in [0, 0.05) is 35.1 Å². The molecule has 1 amide bonds. The van der Waals surface area contributed by atoms with Crippen molar-refractivity contribution >= 4 is 39.7 Å². The minimum absolute atomic E-state index is 0.0574. The first kappa shape index (κ1) is 20.5. The van der Waals surface area contributed by atoms with E-state index in [0.717, 1.165) is 41.0 Å². The van der Waals surface area contributed by atoms with Gasteiger partial charge in [0.2, 0.25) is 5.91 Å². The first-order valence-electron chi connectivity index (χ1n) is 10.5. The number of nitrogens with zero attached hydrogens (tertiary/aromatic N) is 2. The van der Waals surface area contributed by atoms with Gasteiger partial charge in [-0.05, 0) is 68.4 Å². The summed E-state index contributed by atoms with van der Waals surface area (Å²) in [6.07, 6.45) is 4.93. The zero-order valence-corrected chi connectivity index (χ0v) is 18.4. The number of fused-ring (bicyclic) bond motifs is 1. The van der Waals surface area contributed by atoms with Gasteiger partial charge in [0.05, 0.1) is 10.6 Å². The van der Waals surface area contributed by atoms with Gasteiger partial charge in [-0.3, -0.25) is 4.79 Å². The molecule has 0 saturated carbocycles. The molecule has 0 unspecified atom stereocenters. The largest absolute Gasteiger partial charge is 0.355 e. The van der Waals surface area contributed by atoms with Crippen LogP contribution in [0.5, 0.6) is 0 Å². The molecule has 1 atom stereocenters. The number of piperidine rings is 1.